The van der Waals surface area contributed by atoms with Gasteiger partial charge in [0.15, 0.2) is 0 Å². The summed E-state index contributed by atoms with van der Waals surface area (Å²) in [5.41, 5.74) is 7.68. The second kappa shape index (κ2) is 4.07. The molecule has 4 aromatic carbocycles. The number of rotatable bonds is 0. The maximum Gasteiger partial charge on any atom is 0.424 e. The van der Waals surface area contributed by atoms with Crippen molar-refractivity contribution >= 4 is 51.3 Å². The van der Waals surface area contributed by atoms with Crippen molar-refractivity contribution in [2.24, 2.45) is 0 Å². The van der Waals surface area contributed by atoms with E-state index in [1.807, 2.05) is 42.5 Å². The van der Waals surface area contributed by atoms with Gasteiger partial charge in [-0.1, -0.05) is 30.3 Å². The summed E-state index contributed by atoms with van der Waals surface area (Å²) < 4.78 is 12.0. The van der Waals surface area contributed by atoms with Gasteiger partial charge in [0.05, 0.1) is 11.4 Å². The van der Waals surface area contributed by atoms with Crippen LogP contribution in [-0.2, 0) is 0 Å². The molecule has 0 N–H and O–H groups in total. The van der Waals surface area contributed by atoms with Gasteiger partial charge in [-0.05, 0) is 63.2 Å². The first-order chi connectivity index (χ1) is 13.8. The lowest BCUT2D eigenvalue weighted by Gasteiger charge is -2.39. The van der Waals surface area contributed by atoms with Gasteiger partial charge in [0.1, 0.15) is 17.2 Å². The second-order valence-electron chi connectivity index (χ2n) is 7.69. The molecule has 0 saturated heterocycles. The first kappa shape index (κ1) is 13.4. The summed E-state index contributed by atoms with van der Waals surface area (Å²) in [6.07, 6.45) is -0.359. The molecule has 0 bridgehead atoms. The standard InChI is InChI=1S/C23H10BNO3/c26-23-25-14-6-3-9-17-21(14)24-19-12(5-2-8-16(19)27-17)13-10-11-4-1-7-15(28-23)18(11)22(25)20(13)24/h1-10H. The van der Waals surface area contributed by atoms with Crippen LogP contribution in [0.1, 0.15) is 0 Å². The van der Waals surface area contributed by atoms with Crippen molar-refractivity contribution in [3.63, 3.8) is 0 Å². The van der Waals surface area contributed by atoms with E-state index >= 15 is 0 Å². The molecule has 0 aliphatic carbocycles. The fraction of sp³-hybridized carbons (Fsp3) is 0. The van der Waals surface area contributed by atoms with Gasteiger partial charge in [-0.2, -0.15) is 0 Å². The zero-order valence-electron chi connectivity index (χ0n) is 14.5. The number of benzene rings is 4. The van der Waals surface area contributed by atoms with Crippen molar-refractivity contribution in [1.82, 2.24) is 0 Å². The highest BCUT2D eigenvalue weighted by Gasteiger charge is 2.50. The number of carbonyl (C=O) groups is 1. The van der Waals surface area contributed by atoms with Gasteiger partial charge in [-0.25, -0.2) is 9.69 Å². The predicted octanol–water partition coefficient (Wildman–Crippen LogP) is 3.41. The van der Waals surface area contributed by atoms with E-state index < -0.39 is 0 Å². The van der Waals surface area contributed by atoms with Crippen LogP contribution in [0.2, 0.25) is 0 Å². The van der Waals surface area contributed by atoms with Crippen LogP contribution in [-0.4, -0.2) is 12.8 Å². The summed E-state index contributed by atoms with van der Waals surface area (Å²) in [4.78, 5) is 14.8. The highest BCUT2D eigenvalue weighted by atomic mass is 16.6. The van der Waals surface area contributed by atoms with E-state index in [0.717, 1.165) is 39.1 Å². The smallest absolute Gasteiger partial charge is 0.424 e. The minimum Gasteiger partial charge on any atom is -0.458 e. The van der Waals surface area contributed by atoms with Crippen LogP contribution >= 0.6 is 0 Å². The number of ether oxygens (including phenoxy) is 2. The molecule has 28 heavy (non-hydrogen) atoms. The Hall–Kier alpha value is -3.73. The number of fused-ring (bicyclic) bond motifs is 2. The molecule has 4 nitrogen and oxygen atoms in total. The second-order valence-corrected chi connectivity index (χ2v) is 7.69. The number of hydrogen-bond donors (Lipinski definition) is 0. The van der Waals surface area contributed by atoms with Crippen molar-refractivity contribution in [3.8, 4) is 28.4 Å². The van der Waals surface area contributed by atoms with E-state index in [2.05, 4.69) is 18.2 Å². The normalized spacial score (nSPS) is 15.6. The average Bonchev–Trinajstić information content (AvgIpc) is 3.05. The van der Waals surface area contributed by atoms with Gasteiger partial charge in [0, 0.05) is 5.39 Å². The van der Waals surface area contributed by atoms with Gasteiger partial charge in [0.2, 0.25) is 0 Å². The van der Waals surface area contributed by atoms with Crippen molar-refractivity contribution in [1.29, 1.82) is 0 Å². The van der Waals surface area contributed by atoms with Crippen LogP contribution in [0.25, 0.3) is 21.9 Å². The molecule has 0 spiro atoms. The van der Waals surface area contributed by atoms with E-state index in [4.69, 9.17) is 9.47 Å². The third-order valence-corrected chi connectivity index (χ3v) is 6.47. The summed E-state index contributed by atoms with van der Waals surface area (Å²) in [6, 6.07) is 20.3. The van der Waals surface area contributed by atoms with Crippen LogP contribution < -0.4 is 30.8 Å². The zero-order valence-corrected chi connectivity index (χ0v) is 14.5. The fourth-order valence-corrected chi connectivity index (χ4v) is 5.52. The lowest BCUT2D eigenvalue weighted by Crippen LogP contribution is -2.59. The van der Waals surface area contributed by atoms with Gasteiger partial charge < -0.3 is 9.47 Å². The summed E-state index contributed by atoms with van der Waals surface area (Å²) in [6.45, 7) is 0.0933. The third-order valence-electron chi connectivity index (χ3n) is 6.47. The number of hydrogen-bond acceptors (Lipinski definition) is 3. The number of nitrogens with zero attached hydrogens (tertiary/aromatic N) is 1. The molecule has 0 saturated carbocycles. The van der Waals surface area contributed by atoms with Gasteiger partial charge in [-0.15, -0.1) is 0 Å². The molecule has 5 heteroatoms. The summed E-state index contributed by atoms with van der Waals surface area (Å²) in [5.74, 6) is 2.36. The van der Waals surface area contributed by atoms with E-state index in [1.165, 1.54) is 22.1 Å². The molecule has 0 unspecified atom stereocenters. The van der Waals surface area contributed by atoms with Crippen molar-refractivity contribution < 1.29 is 14.3 Å². The van der Waals surface area contributed by atoms with Crippen LogP contribution in [0, 0.1) is 0 Å². The van der Waals surface area contributed by atoms with Crippen LogP contribution in [0.15, 0.2) is 60.7 Å². The lowest BCUT2D eigenvalue weighted by atomic mass is 9.36. The van der Waals surface area contributed by atoms with Crippen molar-refractivity contribution in [2.75, 3.05) is 4.90 Å². The number of anilines is 2. The van der Waals surface area contributed by atoms with Crippen LogP contribution in [0.4, 0.5) is 16.2 Å². The highest BCUT2D eigenvalue weighted by Crippen LogP contribution is 2.49. The minimum absolute atomic E-state index is 0.0933. The molecule has 8 rings (SSSR count). The molecule has 1 amide bonds. The maximum absolute atomic E-state index is 13.1. The quantitative estimate of drug-likeness (QED) is 0.390. The Balaban J connectivity index is 1.68. The molecule has 0 fully saturated rings. The number of carbonyl (C=O) groups excluding carboxylic acids is 1. The highest BCUT2D eigenvalue weighted by molar-refractivity contribution is 7.03. The topological polar surface area (TPSA) is 38.8 Å². The Morgan fingerprint density at radius 3 is 2.46 bits per heavy atom. The zero-order chi connectivity index (χ0) is 18.1. The van der Waals surface area contributed by atoms with E-state index in [9.17, 15) is 4.79 Å². The van der Waals surface area contributed by atoms with E-state index in [0.29, 0.717) is 5.75 Å². The first-order valence-corrected chi connectivity index (χ1v) is 9.37. The molecule has 0 atom stereocenters. The fourth-order valence-electron chi connectivity index (χ4n) is 5.52. The largest absolute Gasteiger partial charge is 0.458 e. The van der Waals surface area contributed by atoms with E-state index in [1.54, 1.807) is 4.90 Å². The Labute approximate surface area is 160 Å². The molecule has 4 aliphatic rings. The minimum atomic E-state index is -0.359. The molecule has 0 radical (unpaired) electrons. The Bertz CT molecular complexity index is 1460. The number of amides is 1. The maximum atomic E-state index is 13.1. The Morgan fingerprint density at radius 1 is 0.750 bits per heavy atom. The van der Waals surface area contributed by atoms with Crippen molar-refractivity contribution in [2.45, 2.75) is 0 Å². The molecule has 4 heterocycles. The monoisotopic (exact) mass is 359 g/mol. The van der Waals surface area contributed by atoms with Gasteiger partial charge >= 0.3 is 6.09 Å². The summed E-state index contributed by atoms with van der Waals surface area (Å²) in [5, 5.41) is 2.10. The van der Waals surface area contributed by atoms with Crippen LogP contribution in [0.5, 0.6) is 17.2 Å². The molecule has 4 aliphatic heterocycles. The molecule has 0 aromatic heterocycles. The van der Waals surface area contributed by atoms with Crippen LogP contribution in [0.3, 0.4) is 0 Å². The molecular formula is C23H10BNO3. The Morgan fingerprint density at radius 2 is 1.54 bits per heavy atom. The Kier molecular flexibility index (Phi) is 1.95. The third kappa shape index (κ3) is 1.24. The van der Waals surface area contributed by atoms with Crippen molar-refractivity contribution in [3.05, 3.63) is 60.7 Å². The summed E-state index contributed by atoms with van der Waals surface area (Å²) in [7, 11) is 0. The first-order valence-electron chi connectivity index (χ1n) is 9.37. The summed E-state index contributed by atoms with van der Waals surface area (Å²) >= 11 is 0. The van der Waals surface area contributed by atoms with E-state index in [-0.39, 0.29) is 12.8 Å². The average molecular weight is 359 g/mol. The van der Waals surface area contributed by atoms with Gasteiger partial charge in [-0.3, -0.25) is 0 Å². The van der Waals surface area contributed by atoms with Gasteiger partial charge in [0.25, 0.3) is 6.71 Å². The SMILES string of the molecule is O=C1Oc2cccc3cc4c5c(c23)N1c1cccc2c1B5c1c(cccc1-4)O2. The molecular weight excluding hydrogens is 349 g/mol. The molecule has 4 aromatic rings. The predicted molar refractivity (Wildman–Crippen MR) is 109 cm³/mol. The molecule has 128 valence electrons. The lowest BCUT2D eigenvalue weighted by molar-refractivity contribution is 0.210.